The summed E-state index contributed by atoms with van der Waals surface area (Å²) in [6, 6.07) is 2.22. The lowest BCUT2D eigenvalue weighted by molar-refractivity contribution is 0.0102. The van der Waals surface area contributed by atoms with Gasteiger partial charge in [0, 0.05) is 43.7 Å². The van der Waals surface area contributed by atoms with Gasteiger partial charge in [0.1, 0.15) is 5.76 Å². The average molecular weight is 335 g/mol. The van der Waals surface area contributed by atoms with Crippen molar-refractivity contribution in [2.75, 3.05) is 39.4 Å². The molecule has 0 aliphatic carbocycles. The molecule has 1 amide bonds. The van der Waals surface area contributed by atoms with Crippen LogP contribution in [0.15, 0.2) is 10.6 Å². The van der Waals surface area contributed by atoms with Crippen LogP contribution in [0.2, 0.25) is 0 Å². The Hall–Kier alpha value is -1.40. The van der Waals surface area contributed by atoms with Crippen LogP contribution in [0, 0.1) is 5.92 Å². The second-order valence-corrected chi connectivity index (χ2v) is 7.92. The molecule has 2 atom stereocenters. The molecule has 6 nitrogen and oxygen atoms in total. The Labute approximate surface area is 144 Å². The number of carbonyl (C=O) groups is 1. The Balaban J connectivity index is 1.70. The van der Waals surface area contributed by atoms with Crippen molar-refractivity contribution in [2.24, 2.45) is 5.92 Å². The topological polar surface area (TPSA) is 58.8 Å². The average Bonchev–Trinajstić information content (AvgIpc) is 3.22. The first-order valence-electron chi connectivity index (χ1n) is 8.98. The van der Waals surface area contributed by atoms with Gasteiger partial charge in [-0.1, -0.05) is 39.3 Å². The summed E-state index contributed by atoms with van der Waals surface area (Å²) in [5.41, 5.74) is 0.288. The van der Waals surface area contributed by atoms with Crippen molar-refractivity contribution >= 4 is 5.91 Å². The van der Waals surface area contributed by atoms with Crippen LogP contribution in [0.3, 0.4) is 0 Å². The number of likely N-dealkylation sites (tertiary alicyclic amines) is 1. The number of morpholine rings is 1. The molecular weight excluding hydrogens is 306 g/mol. The molecule has 2 aliphatic rings. The highest BCUT2D eigenvalue weighted by Crippen LogP contribution is 2.28. The molecule has 0 unspecified atom stereocenters. The van der Waals surface area contributed by atoms with Gasteiger partial charge >= 0.3 is 0 Å². The van der Waals surface area contributed by atoms with E-state index in [9.17, 15) is 4.79 Å². The number of aromatic nitrogens is 1. The zero-order valence-corrected chi connectivity index (χ0v) is 15.2. The molecule has 0 spiro atoms. The van der Waals surface area contributed by atoms with Crippen molar-refractivity contribution in [3.63, 3.8) is 0 Å². The first kappa shape index (κ1) is 17.4. The number of ether oxygens (including phenoxy) is 1. The van der Waals surface area contributed by atoms with Gasteiger partial charge in [-0.15, -0.1) is 0 Å². The molecule has 6 heteroatoms. The summed E-state index contributed by atoms with van der Waals surface area (Å²) in [4.78, 5) is 17.3. The van der Waals surface area contributed by atoms with Gasteiger partial charge in [-0.05, 0) is 5.92 Å². The number of hydrogen-bond donors (Lipinski definition) is 0. The number of hydrogen-bond acceptors (Lipinski definition) is 5. The summed E-state index contributed by atoms with van der Waals surface area (Å²) < 4.78 is 10.8. The molecule has 24 heavy (non-hydrogen) atoms. The largest absolute Gasteiger partial charge is 0.379 e. The lowest BCUT2D eigenvalue weighted by atomic mass is 9.93. The van der Waals surface area contributed by atoms with Gasteiger partial charge < -0.3 is 14.2 Å². The zero-order chi connectivity index (χ0) is 17.3. The predicted molar refractivity (Wildman–Crippen MR) is 91.1 cm³/mol. The van der Waals surface area contributed by atoms with Gasteiger partial charge in [-0.25, -0.2) is 0 Å². The van der Waals surface area contributed by atoms with Crippen LogP contribution < -0.4 is 0 Å². The first-order chi connectivity index (χ1) is 11.4. The van der Waals surface area contributed by atoms with Crippen LogP contribution in [0.4, 0.5) is 0 Å². The molecule has 0 N–H and O–H groups in total. The normalized spacial score (nSPS) is 26.1. The van der Waals surface area contributed by atoms with Crippen molar-refractivity contribution in [3.8, 4) is 0 Å². The maximum atomic E-state index is 12.8. The molecule has 0 bridgehead atoms. The molecule has 3 heterocycles. The van der Waals surface area contributed by atoms with Crippen molar-refractivity contribution in [1.29, 1.82) is 0 Å². The zero-order valence-electron chi connectivity index (χ0n) is 15.2. The highest BCUT2D eigenvalue weighted by molar-refractivity contribution is 5.92. The monoisotopic (exact) mass is 335 g/mol. The standard InChI is InChI=1S/C18H29N3O3/c1-5-13-11-21(12-15(13)20-6-8-23-9-7-20)17(22)14-10-16(24-19-14)18(2,3)4/h10,13,15H,5-9,11-12H2,1-4H3/t13-,15-/m1/s1. The minimum atomic E-state index is -0.140. The summed E-state index contributed by atoms with van der Waals surface area (Å²) in [5, 5.41) is 4.02. The third-order valence-electron chi connectivity index (χ3n) is 5.20. The van der Waals surface area contributed by atoms with E-state index < -0.39 is 0 Å². The third kappa shape index (κ3) is 3.49. The van der Waals surface area contributed by atoms with Gasteiger partial charge in [0.05, 0.1) is 13.2 Å². The van der Waals surface area contributed by atoms with E-state index in [0.717, 1.165) is 51.6 Å². The molecule has 0 aromatic carbocycles. The molecule has 2 saturated heterocycles. The minimum Gasteiger partial charge on any atom is -0.379 e. The lowest BCUT2D eigenvalue weighted by Gasteiger charge is -2.34. The maximum Gasteiger partial charge on any atom is 0.276 e. The van der Waals surface area contributed by atoms with Gasteiger partial charge in [-0.3, -0.25) is 9.69 Å². The SMILES string of the molecule is CC[C@@H]1CN(C(=O)c2cc(C(C)(C)C)on2)C[C@H]1N1CCOCC1. The van der Waals surface area contributed by atoms with E-state index in [0.29, 0.717) is 17.7 Å². The molecule has 2 fully saturated rings. The Morgan fingerprint density at radius 1 is 1.29 bits per heavy atom. The molecule has 0 saturated carbocycles. The van der Waals surface area contributed by atoms with Crippen LogP contribution >= 0.6 is 0 Å². The summed E-state index contributed by atoms with van der Waals surface area (Å²) in [7, 11) is 0. The van der Waals surface area contributed by atoms with E-state index in [-0.39, 0.29) is 11.3 Å². The molecule has 0 radical (unpaired) electrons. The molecule has 134 valence electrons. The van der Waals surface area contributed by atoms with Crippen LogP contribution in [0.25, 0.3) is 0 Å². The first-order valence-corrected chi connectivity index (χ1v) is 8.98. The van der Waals surface area contributed by atoms with Crippen LogP contribution in [-0.4, -0.2) is 66.3 Å². The van der Waals surface area contributed by atoms with Crippen molar-refractivity contribution in [2.45, 2.75) is 45.6 Å². The quantitative estimate of drug-likeness (QED) is 0.847. The highest BCUT2D eigenvalue weighted by atomic mass is 16.5. The fraction of sp³-hybridized carbons (Fsp3) is 0.778. The van der Waals surface area contributed by atoms with E-state index in [1.165, 1.54) is 0 Å². The van der Waals surface area contributed by atoms with Crippen LogP contribution in [0.1, 0.15) is 50.4 Å². The van der Waals surface area contributed by atoms with Crippen LogP contribution in [0.5, 0.6) is 0 Å². The number of carbonyl (C=O) groups excluding carboxylic acids is 1. The summed E-state index contributed by atoms with van der Waals surface area (Å²) in [6.07, 6.45) is 1.08. The fourth-order valence-corrected chi connectivity index (χ4v) is 3.64. The molecule has 2 aliphatic heterocycles. The van der Waals surface area contributed by atoms with Gasteiger partial charge in [0.2, 0.25) is 0 Å². The minimum absolute atomic E-state index is 0.0107. The summed E-state index contributed by atoms with van der Waals surface area (Å²) >= 11 is 0. The molecule has 3 rings (SSSR count). The Morgan fingerprint density at radius 2 is 2.00 bits per heavy atom. The van der Waals surface area contributed by atoms with Crippen LogP contribution in [-0.2, 0) is 10.2 Å². The van der Waals surface area contributed by atoms with Crippen molar-refractivity contribution in [1.82, 2.24) is 15.0 Å². The predicted octanol–water partition coefficient (Wildman–Crippen LogP) is 2.15. The fourth-order valence-electron chi connectivity index (χ4n) is 3.64. The second-order valence-electron chi connectivity index (χ2n) is 7.92. The third-order valence-corrected chi connectivity index (χ3v) is 5.20. The van der Waals surface area contributed by atoms with E-state index in [1.807, 2.05) is 4.90 Å². The summed E-state index contributed by atoms with van der Waals surface area (Å²) in [5.74, 6) is 1.26. The Morgan fingerprint density at radius 3 is 2.58 bits per heavy atom. The van der Waals surface area contributed by atoms with Gasteiger partial charge in [-0.2, -0.15) is 0 Å². The van der Waals surface area contributed by atoms with E-state index >= 15 is 0 Å². The van der Waals surface area contributed by atoms with E-state index in [2.05, 4.69) is 37.8 Å². The molecule has 1 aromatic heterocycles. The lowest BCUT2D eigenvalue weighted by Crippen LogP contribution is -2.47. The molecule has 1 aromatic rings. The van der Waals surface area contributed by atoms with Gasteiger partial charge in [0.15, 0.2) is 5.69 Å². The van der Waals surface area contributed by atoms with E-state index in [4.69, 9.17) is 9.26 Å². The van der Waals surface area contributed by atoms with Crippen molar-refractivity contribution in [3.05, 3.63) is 17.5 Å². The van der Waals surface area contributed by atoms with Crippen molar-refractivity contribution < 1.29 is 14.1 Å². The smallest absolute Gasteiger partial charge is 0.276 e. The summed E-state index contributed by atoms with van der Waals surface area (Å²) in [6.45, 7) is 13.4. The number of nitrogens with zero attached hydrogens (tertiary/aromatic N) is 3. The molecular formula is C18H29N3O3. The Bertz CT molecular complexity index is 572. The Kier molecular flexibility index (Phi) is 4.97. The highest BCUT2D eigenvalue weighted by Gasteiger charge is 2.39. The van der Waals surface area contributed by atoms with E-state index in [1.54, 1.807) is 6.07 Å². The second kappa shape index (κ2) is 6.84. The maximum absolute atomic E-state index is 12.8. The number of amides is 1. The number of rotatable bonds is 3. The van der Waals surface area contributed by atoms with Gasteiger partial charge in [0.25, 0.3) is 5.91 Å².